The molecule has 17 heavy (non-hydrogen) atoms. The molecule has 3 N–H and O–H groups in total. The number of nitrogens with zero attached hydrogens (tertiary/aromatic N) is 1. The van der Waals surface area contributed by atoms with Gasteiger partial charge in [0, 0.05) is 18.0 Å². The molecule has 0 fully saturated rings. The van der Waals surface area contributed by atoms with E-state index in [-0.39, 0.29) is 11.4 Å². The lowest BCUT2D eigenvalue weighted by Gasteiger charge is -2.23. The Morgan fingerprint density at radius 3 is 2.82 bits per heavy atom. The van der Waals surface area contributed by atoms with E-state index in [9.17, 15) is 4.79 Å². The van der Waals surface area contributed by atoms with E-state index in [2.05, 4.69) is 10.3 Å². The normalized spacial score (nSPS) is 11.5. The molecule has 5 heteroatoms. The summed E-state index contributed by atoms with van der Waals surface area (Å²) in [5, 5.41) is 5.87. The highest BCUT2D eigenvalue weighted by Crippen LogP contribution is 2.22. The molecule has 96 valence electrons. The van der Waals surface area contributed by atoms with Crippen LogP contribution in [0.4, 0.5) is 0 Å². The fourth-order valence-corrected chi connectivity index (χ4v) is 2.32. The largest absolute Gasteiger partial charge is 0.345 e. The number of hydrogen-bond donors (Lipinski definition) is 2. The minimum Gasteiger partial charge on any atom is -0.345 e. The van der Waals surface area contributed by atoms with Gasteiger partial charge in [0.05, 0.1) is 5.54 Å². The maximum absolute atomic E-state index is 11.8. The molecule has 1 heterocycles. The third kappa shape index (κ3) is 4.83. The van der Waals surface area contributed by atoms with Gasteiger partial charge in [0.25, 0.3) is 0 Å². The van der Waals surface area contributed by atoms with Gasteiger partial charge in [-0.3, -0.25) is 4.79 Å². The standard InChI is InChI=1S/C12H21N3OS/c1-12(2,11-14-8-9-17-11)15-10(16)6-4-3-5-7-13/h8-9H,3-7,13H2,1-2H3,(H,15,16). The Hall–Kier alpha value is -0.940. The van der Waals surface area contributed by atoms with Crippen molar-refractivity contribution in [1.29, 1.82) is 0 Å². The van der Waals surface area contributed by atoms with Crippen LogP contribution in [-0.2, 0) is 10.3 Å². The predicted octanol–water partition coefficient (Wildman–Crippen LogP) is 2.01. The Morgan fingerprint density at radius 1 is 1.47 bits per heavy atom. The van der Waals surface area contributed by atoms with Gasteiger partial charge in [-0.2, -0.15) is 0 Å². The number of amides is 1. The summed E-state index contributed by atoms with van der Waals surface area (Å²) in [5.74, 6) is 0.0854. The number of hydrogen-bond acceptors (Lipinski definition) is 4. The van der Waals surface area contributed by atoms with Gasteiger partial charge < -0.3 is 11.1 Å². The number of rotatable bonds is 7. The smallest absolute Gasteiger partial charge is 0.220 e. The molecule has 0 radical (unpaired) electrons. The van der Waals surface area contributed by atoms with Gasteiger partial charge in [-0.15, -0.1) is 11.3 Å². The molecule has 0 aliphatic heterocycles. The van der Waals surface area contributed by atoms with Crippen molar-refractivity contribution < 1.29 is 4.79 Å². The zero-order valence-electron chi connectivity index (χ0n) is 10.5. The van der Waals surface area contributed by atoms with E-state index in [1.807, 2.05) is 19.2 Å². The van der Waals surface area contributed by atoms with Gasteiger partial charge in [-0.1, -0.05) is 6.42 Å². The van der Waals surface area contributed by atoms with Crippen molar-refractivity contribution in [3.8, 4) is 0 Å². The van der Waals surface area contributed by atoms with Crippen LogP contribution < -0.4 is 11.1 Å². The van der Waals surface area contributed by atoms with Crippen molar-refractivity contribution in [2.24, 2.45) is 5.73 Å². The second-order valence-corrected chi connectivity index (χ2v) is 5.50. The first-order valence-corrected chi connectivity index (χ1v) is 6.85. The number of aromatic nitrogens is 1. The monoisotopic (exact) mass is 255 g/mol. The average Bonchev–Trinajstić information content (AvgIpc) is 2.77. The second-order valence-electron chi connectivity index (χ2n) is 4.61. The highest BCUT2D eigenvalue weighted by Gasteiger charge is 2.24. The molecule has 1 aromatic heterocycles. The molecule has 0 bridgehead atoms. The molecule has 1 rings (SSSR count). The Labute approximate surface area is 107 Å². The van der Waals surface area contributed by atoms with Crippen LogP contribution in [-0.4, -0.2) is 17.4 Å². The van der Waals surface area contributed by atoms with E-state index in [0.717, 1.165) is 24.3 Å². The van der Waals surface area contributed by atoms with Crippen molar-refractivity contribution >= 4 is 17.2 Å². The summed E-state index contributed by atoms with van der Waals surface area (Å²) in [5.41, 5.74) is 5.03. The van der Waals surface area contributed by atoms with Crippen LogP contribution >= 0.6 is 11.3 Å². The fourth-order valence-electron chi connectivity index (χ4n) is 1.60. The number of nitrogens with two attached hydrogens (primary N) is 1. The molecular formula is C12H21N3OS. The summed E-state index contributed by atoms with van der Waals surface area (Å²) in [6, 6.07) is 0. The first-order valence-electron chi connectivity index (χ1n) is 5.97. The van der Waals surface area contributed by atoms with Crippen molar-refractivity contribution in [2.75, 3.05) is 6.54 Å². The predicted molar refractivity (Wildman–Crippen MR) is 70.8 cm³/mol. The quantitative estimate of drug-likeness (QED) is 0.732. The fraction of sp³-hybridized carbons (Fsp3) is 0.667. The number of carbonyl (C=O) groups excluding carboxylic acids is 1. The molecule has 0 saturated heterocycles. The molecule has 0 aliphatic rings. The summed E-state index contributed by atoms with van der Waals surface area (Å²) in [7, 11) is 0. The maximum atomic E-state index is 11.8. The molecule has 0 aliphatic carbocycles. The van der Waals surface area contributed by atoms with Crippen molar-refractivity contribution in [3.63, 3.8) is 0 Å². The Morgan fingerprint density at radius 2 is 2.24 bits per heavy atom. The summed E-state index contributed by atoms with van der Waals surface area (Å²) >= 11 is 1.56. The Bertz CT molecular complexity index is 336. The summed E-state index contributed by atoms with van der Waals surface area (Å²) in [4.78, 5) is 16.0. The molecule has 1 amide bonds. The van der Waals surface area contributed by atoms with Crippen LogP contribution in [0.2, 0.25) is 0 Å². The highest BCUT2D eigenvalue weighted by molar-refractivity contribution is 7.09. The number of thiazole rings is 1. The summed E-state index contributed by atoms with van der Waals surface area (Å²) in [6.45, 7) is 4.65. The number of unbranched alkanes of at least 4 members (excludes halogenated alkanes) is 2. The van der Waals surface area contributed by atoms with Crippen LogP contribution in [0.15, 0.2) is 11.6 Å². The van der Waals surface area contributed by atoms with E-state index in [4.69, 9.17) is 5.73 Å². The van der Waals surface area contributed by atoms with Crippen LogP contribution in [0.3, 0.4) is 0 Å². The van der Waals surface area contributed by atoms with E-state index in [1.165, 1.54) is 0 Å². The van der Waals surface area contributed by atoms with Crippen LogP contribution in [0.25, 0.3) is 0 Å². The van der Waals surface area contributed by atoms with Crippen molar-refractivity contribution in [2.45, 2.75) is 45.1 Å². The molecule has 0 spiro atoms. The van der Waals surface area contributed by atoms with E-state index < -0.39 is 0 Å². The van der Waals surface area contributed by atoms with Crippen LogP contribution in [0.1, 0.15) is 44.5 Å². The van der Waals surface area contributed by atoms with Gasteiger partial charge in [0.15, 0.2) is 0 Å². The van der Waals surface area contributed by atoms with Gasteiger partial charge in [-0.25, -0.2) is 4.98 Å². The van der Waals surface area contributed by atoms with Crippen LogP contribution in [0.5, 0.6) is 0 Å². The first kappa shape index (κ1) is 14.1. The SMILES string of the molecule is CC(C)(NC(=O)CCCCCN)c1nccs1. The van der Waals surface area contributed by atoms with Gasteiger partial charge >= 0.3 is 0 Å². The lowest BCUT2D eigenvalue weighted by Crippen LogP contribution is -2.40. The van der Waals surface area contributed by atoms with E-state index >= 15 is 0 Å². The number of carbonyl (C=O) groups is 1. The Balaban J connectivity index is 2.35. The third-order valence-electron chi connectivity index (χ3n) is 2.53. The second kappa shape index (κ2) is 6.71. The van der Waals surface area contributed by atoms with E-state index in [1.54, 1.807) is 17.5 Å². The van der Waals surface area contributed by atoms with Crippen molar-refractivity contribution in [3.05, 3.63) is 16.6 Å². The Kier molecular flexibility index (Phi) is 5.58. The molecular weight excluding hydrogens is 234 g/mol. The topological polar surface area (TPSA) is 68.0 Å². The van der Waals surface area contributed by atoms with Gasteiger partial charge in [-0.05, 0) is 33.2 Å². The highest BCUT2D eigenvalue weighted by atomic mass is 32.1. The van der Waals surface area contributed by atoms with Gasteiger partial charge in [0.2, 0.25) is 5.91 Å². The maximum Gasteiger partial charge on any atom is 0.220 e. The minimum atomic E-state index is -0.376. The molecule has 0 atom stereocenters. The van der Waals surface area contributed by atoms with Gasteiger partial charge in [0.1, 0.15) is 5.01 Å². The molecule has 0 aromatic carbocycles. The van der Waals surface area contributed by atoms with E-state index in [0.29, 0.717) is 13.0 Å². The first-order chi connectivity index (χ1) is 8.06. The lowest BCUT2D eigenvalue weighted by atomic mass is 10.1. The minimum absolute atomic E-state index is 0.0854. The van der Waals surface area contributed by atoms with Crippen LogP contribution in [0, 0.1) is 0 Å². The van der Waals surface area contributed by atoms with Crippen molar-refractivity contribution in [1.82, 2.24) is 10.3 Å². The summed E-state index contributed by atoms with van der Waals surface area (Å²) in [6.07, 6.45) is 5.23. The molecule has 4 nitrogen and oxygen atoms in total. The third-order valence-corrected chi connectivity index (χ3v) is 3.62. The molecule has 1 aromatic rings. The summed E-state index contributed by atoms with van der Waals surface area (Å²) < 4.78 is 0. The average molecular weight is 255 g/mol. The molecule has 0 unspecified atom stereocenters. The lowest BCUT2D eigenvalue weighted by molar-refractivity contribution is -0.122. The number of nitrogens with one attached hydrogen (secondary N) is 1. The zero-order valence-corrected chi connectivity index (χ0v) is 11.3. The molecule has 0 saturated carbocycles. The zero-order chi connectivity index (χ0) is 12.7.